The first-order chi connectivity index (χ1) is 12.7. The zero-order valence-electron chi connectivity index (χ0n) is 15.9. The van der Waals surface area contributed by atoms with Crippen LogP contribution in [0.15, 0.2) is 29.3 Å². The molecule has 2 unspecified atom stereocenters. The van der Waals surface area contributed by atoms with Gasteiger partial charge in [0.25, 0.3) is 5.91 Å². The topological polar surface area (TPSA) is 75.2 Å². The number of nitrogens with zero attached hydrogens (tertiary/aromatic N) is 2. The van der Waals surface area contributed by atoms with E-state index in [1.165, 1.54) is 0 Å². The van der Waals surface area contributed by atoms with Gasteiger partial charge in [0.15, 0.2) is 5.96 Å². The number of guanidine groups is 1. The standard InChI is InChI=1S/C19H28N4O3.HI/c1-20-18(24)15-6-3-5-14(11-15)12-22-19(21-2)23-8-10-26-17(13-23)16-7-4-9-25-16;/h3,5-6,11,16-17H,4,7-10,12-13H2,1-2H3,(H,20,24)(H,21,22);1H. The third-order valence-electron chi connectivity index (χ3n) is 4.85. The summed E-state index contributed by atoms with van der Waals surface area (Å²) in [5.41, 5.74) is 1.70. The summed E-state index contributed by atoms with van der Waals surface area (Å²) in [7, 11) is 3.43. The number of carbonyl (C=O) groups is 1. The minimum absolute atomic E-state index is 0. The average Bonchev–Trinajstić information content (AvgIpc) is 3.23. The molecule has 7 nitrogen and oxygen atoms in total. The largest absolute Gasteiger partial charge is 0.375 e. The highest BCUT2D eigenvalue weighted by Gasteiger charge is 2.32. The van der Waals surface area contributed by atoms with E-state index >= 15 is 0 Å². The molecule has 2 aliphatic heterocycles. The summed E-state index contributed by atoms with van der Waals surface area (Å²) in [6, 6.07) is 7.60. The van der Waals surface area contributed by atoms with Gasteiger partial charge in [-0.3, -0.25) is 9.79 Å². The molecule has 150 valence electrons. The lowest BCUT2D eigenvalue weighted by molar-refractivity contribution is -0.0817. The Kier molecular flexibility index (Phi) is 8.78. The molecule has 2 N–H and O–H groups in total. The Balaban J connectivity index is 0.00000261. The number of ether oxygens (including phenoxy) is 2. The molecule has 1 aromatic rings. The number of amides is 1. The van der Waals surface area contributed by atoms with Gasteiger partial charge in [-0.1, -0.05) is 12.1 Å². The molecule has 0 spiro atoms. The van der Waals surface area contributed by atoms with Gasteiger partial charge in [-0.15, -0.1) is 24.0 Å². The fraction of sp³-hybridized carbons (Fsp3) is 0.579. The molecular formula is C19H29IN4O3. The number of rotatable bonds is 4. The highest BCUT2D eigenvalue weighted by Crippen LogP contribution is 2.21. The number of aliphatic imine (C=N–C) groups is 1. The van der Waals surface area contributed by atoms with Gasteiger partial charge in [0.05, 0.1) is 12.7 Å². The fourth-order valence-electron chi connectivity index (χ4n) is 3.47. The van der Waals surface area contributed by atoms with Gasteiger partial charge in [0, 0.05) is 45.9 Å². The van der Waals surface area contributed by atoms with E-state index in [-0.39, 0.29) is 42.1 Å². The first-order valence-electron chi connectivity index (χ1n) is 9.21. The molecule has 2 saturated heterocycles. The van der Waals surface area contributed by atoms with Crippen molar-refractivity contribution in [1.82, 2.24) is 15.5 Å². The number of hydrogen-bond acceptors (Lipinski definition) is 4. The molecule has 2 atom stereocenters. The molecule has 0 aromatic heterocycles. The molecule has 2 aliphatic rings. The predicted molar refractivity (Wildman–Crippen MR) is 116 cm³/mol. The van der Waals surface area contributed by atoms with Crippen LogP contribution in [0.3, 0.4) is 0 Å². The van der Waals surface area contributed by atoms with E-state index < -0.39 is 0 Å². The molecule has 2 heterocycles. The van der Waals surface area contributed by atoms with Gasteiger partial charge in [0.2, 0.25) is 0 Å². The summed E-state index contributed by atoms with van der Waals surface area (Å²) < 4.78 is 11.7. The van der Waals surface area contributed by atoms with Crippen LogP contribution in [0.2, 0.25) is 0 Å². The van der Waals surface area contributed by atoms with Crippen LogP contribution in [0.4, 0.5) is 0 Å². The molecule has 1 aromatic carbocycles. The summed E-state index contributed by atoms with van der Waals surface area (Å²) in [6.07, 6.45) is 2.47. The molecule has 0 radical (unpaired) electrons. The number of nitrogens with one attached hydrogen (secondary N) is 2. The Morgan fingerprint density at radius 2 is 2.11 bits per heavy atom. The minimum Gasteiger partial charge on any atom is -0.375 e. The maximum Gasteiger partial charge on any atom is 0.251 e. The van der Waals surface area contributed by atoms with E-state index in [0.29, 0.717) is 18.7 Å². The van der Waals surface area contributed by atoms with E-state index in [2.05, 4.69) is 20.5 Å². The smallest absolute Gasteiger partial charge is 0.251 e. The zero-order chi connectivity index (χ0) is 18.4. The summed E-state index contributed by atoms with van der Waals surface area (Å²) in [4.78, 5) is 18.4. The van der Waals surface area contributed by atoms with Gasteiger partial charge in [-0.2, -0.15) is 0 Å². The van der Waals surface area contributed by atoms with Crippen molar-refractivity contribution in [3.8, 4) is 0 Å². The second-order valence-corrected chi connectivity index (χ2v) is 6.59. The third kappa shape index (κ3) is 5.79. The Morgan fingerprint density at radius 1 is 1.30 bits per heavy atom. The number of morpholine rings is 1. The van der Waals surface area contributed by atoms with Gasteiger partial charge in [-0.25, -0.2) is 0 Å². The van der Waals surface area contributed by atoms with Crippen molar-refractivity contribution in [2.75, 3.05) is 40.4 Å². The number of carbonyl (C=O) groups excluding carboxylic acids is 1. The lowest BCUT2D eigenvalue weighted by atomic mass is 10.1. The van der Waals surface area contributed by atoms with Crippen LogP contribution >= 0.6 is 24.0 Å². The maximum absolute atomic E-state index is 11.8. The van der Waals surface area contributed by atoms with Crippen LogP contribution in [0, 0.1) is 0 Å². The third-order valence-corrected chi connectivity index (χ3v) is 4.85. The van der Waals surface area contributed by atoms with Crippen LogP contribution in [-0.4, -0.2) is 69.4 Å². The summed E-state index contributed by atoms with van der Waals surface area (Å²) in [6.45, 7) is 3.71. The van der Waals surface area contributed by atoms with Gasteiger partial charge in [0.1, 0.15) is 6.10 Å². The Morgan fingerprint density at radius 3 is 2.81 bits per heavy atom. The van der Waals surface area contributed by atoms with Crippen molar-refractivity contribution in [3.05, 3.63) is 35.4 Å². The molecule has 0 aliphatic carbocycles. The van der Waals surface area contributed by atoms with E-state index in [4.69, 9.17) is 9.47 Å². The predicted octanol–water partition coefficient (Wildman–Crippen LogP) is 1.62. The van der Waals surface area contributed by atoms with E-state index in [0.717, 1.165) is 44.1 Å². The lowest BCUT2D eigenvalue weighted by Gasteiger charge is -2.37. The van der Waals surface area contributed by atoms with Gasteiger partial charge < -0.3 is 25.0 Å². The van der Waals surface area contributed by atoms with Crippen LogP contribution in [0.25, 0.3) is 0 Å². The summed E-state index contributed by atoms with van der Waals surface area (Å²) in [5.74, 6) is 0.769. The minimum atomic E-state index is -0.0798. The van der Waals surface area contributed by atoms with Gasteiger partial charge >= 0.3 is 0 Å². The highest BCUT2D eigenvalue weighted by molar-refractivity contribution is 14.0. The van der Waals surface area contributed by atoms with Crippen molar-refractivity contribution >= 4 is 35.8 Å². The SMILES string of the molecule is CN=C(NCc1cccc(C(=O)NC)c1)N1CCOC(C2CCCO2)C1.I. The van der Waals surface area contributed by atoms with E-state index in [1.54, 1.807) is 14.1 Å². The molecule has 0 bridgehead atoms. The Hall–Kier alpha value is -1.39. The molecule has 27 heavy (non-hydrogen) atoms. The normalized spacial score (nSPS) is 22.9. The first kappa shape index (κ1) is 21.9. The molecule has 1 amide bonds. The van der Waals surface area contributed by atoms with Crippen LogP contribution in [0.5, 0.6) is 0 Å². The number of hydrogen-bond donors (Lipinski definition) is 2. The van der Waals surface area contributed by atoms with E-state index in [9.17, 15) is 4.79 Å². The van der Waals surface area contributed by atoms with Crippen molar-refractivity contribution in [2.24, 2.45) is 4.99 Å². The van der Waals surface area contributed by atoms with Crippen LogP contribution in [-0.2, 0) is 16.0 Å². The van der Waals surface area contributed by atoms with Crippen LogP contribution in [0.1, 0.15) is 28.8 Å². The van der Waals surface area contributed by atoms with Crippen molar-refractivity contribution in [3.63, 3.8) is 0 Å². The fourth-order valence-corrected chi connectivity index (χ4v) is 3.47. The maximum atomic E-state index is 11.8. The Bertz CT molecular complexity index is 650. The number of benzene rings is 1. The molecule has 2 fully saturated rings. The molecule has 0 saturated carbocycles. The highest BCUT2D eigenvalue weighted by atomic mass is 127. The molecular weight excluding hydrogens is 459 g/mol. The van der Waals surface area contributed by atoms with Crippen molar-refractivity contribution in [1.29, 1.82) is 0 Å². The zero-order valence-corrected chi connectivity index (χ0v) is 18.3. The Labute approximate surface area is 177 Å². The summed E-state index contributed by atoms with van der Waals surface area (Å²) >= 11 is 0. The first-order valence-corrected chi connectivity index (χ1v) is 9.21. The van der Waals surface area contributed by atoms with Crippen molar-refractivity contribution < 1.29 is 14.3 Å². The van der Waals surface area contributed by atoms with Crippen LogP contribution < -0.4 is 10.6 Å². The quantitative estimate of drug-likeness (QED) is 0.383. The lowest BCUT2D eigenvalue weighted by Crippen LogP contribution is -2.53. The van der Waals surface area contributed by atoms with Gasteiger partial charge in [-0.05, 0) is 30.5 Å². The van der Waals surface area contributed by atoms with Crippen molar-refractivity contribution in [2.45, 2.75) is 31.6 Å². The van der Waals surface area contributed by atoms with E-state index in [1.807, 2.05) is 24.3 Å². The second-order valence-electron chi connectivity index (χ2n) is 6.59. The number of halogens is 1. The second kappa shape index (κ2) is 10.8. The molecule has 8 heteroatoms. The summed E-state index contributed by atoms with van der Waals surface area (Å²) in [5, 5.41) is 6.05. The molecule has 3 rings (SSSR count). The monoisotopic (exact) mass is 488 g/mol. The average molecular weight is 488 g/mol.